The van der Waals surface area contributed by atoms with E-state index in [0.29, 0.717) is 6.42 Å². The van der Waals surface area contributed by atoms with Crippen molar-refractivity contribution in [3.05, 3.63) is 28.2 Å². The molecule has 14 heavy (non-hydrogen) atoms. The molecule has 0 N–H and O–H groups in total. The van der Waals surface area contributed by atoms with Gasteiger partial charge in [0.1, 0.15) is 5.78 Å². The summed E-state index contributed by atoms with van der Waals surface area (Å²) in [4.78, 5) is 15.3. The molecule has 76 valence electrons. The van der Waals surface area contributed by atoms with Crippen molar-refractivity contribution < 1.29 is 4.79 Å². The summed E-state index contributed by atoms with van der Waals surface area (Å²) in [5.74, 6) is 0.375. The van der Waals surface area contributed by atoms with Crippen LogP contribution < -0.4 is 0 Å². The molecule has 0 aliphatic rings. The Hall–Kier alpha value is -0.960. The van der Waals surface area contributed by atoms with Crippen LogP contribution in [-0.4, -0.2) is 10.8 Å². The molecule has 1 aromatic rings. The number of rotatable bonds is 4. The Morgan fingerprint density at radius 3 is 2.71 bits per heavy atom. The van der Waals surface area contributed by atoms with Crippen molar-refractivity contribution >= 4 is 17.1 Å². The first-order chi connectivity index (χ1) is 6.59. The Morgan fingerprint density at radius 2 is 2.29 bits per heavy atom. The van der Waals surface area contributed by atoms with Gasteiger partial charge in [0.25, 0.3) is 0 Å². The van der Waals surface area contributed by atoms with E-state index in [1.165, 1.54) is 5.57 Å². The molecule has 0 saturated carbocycles. The molecule has 2 nitrogen and oxygen atoms in total. The summed E-state index contributed by atoms with van der Waals surface area (Å²) in [6, 6.07) is 0. The van der Waals surface area contributed by atoms with Crippen molar-refractivity contribution in [2.45, 2.75) is 33.1 Å². The van der Waals surface area contributed by atoms with Crippen molar-refractivity contribution in [3.63, 3.8) is 0 Å². The maximum Gasteiger partial charge on any atom is 0.130 e. The molecule has 1 aromatic heterocycles. The van der Waals surface area contributed by atoms with Crippen molar-refractivity contribution in [1.29, 1.82) is 0 Å². The molecular weight excluding hydrogens is 194 g/mol. The lowest BCUT2D eigenvalue weighted by molar-refractivity contribution is -0.117. The van der Waals surface area contributed by atoms with Crippen molar-refractivity contribution in [1.82, 2.24) is 4.98 Å². The minimum atomic E-state index is 0.164. The molecule has 0 aliphatic carbocycles. The molecule has 1 atom stereocenters. The van der Waals surface area contributed by atoms with Gasteiger partial charge in [-0.25, -0.2) is 4.98 Å². The highest BCUT2D eigenvalue weighted by Gasteiger charge is 2.13. The average molecular weight is 209 g/mol. The molecule has 0 fully saturated rings. The second-order valence-corrected chi connectivity index (χ2v) is 4.55. The van der Waals surface area contributed by atoms with Gasteiger partial charge in [-0.3, -0.25) is 4.79 Å². The minimum Gasteiger partial charge on any atom is -0.300 e. The predicted octanol–water partition coefficient (Wildman–Crippen LogP) is 3.17. The van der Waals surface area contributed by atoms with E-state index in [1.807, 2.05) is 19.2 Å². The number of hydrogen-bond donors (Lipinski definition) is 0. The van der Waals surface area contributed by atoms with Crippen molar-refractivity contribution in [2.75, 3.05) is 0 Å². The molecule has 0 saturated heterocycles. The van der Waals surface area contributed by atoms with Crippen LogP contribution in [0.3, 0.4) is 0 Å². The highest BCUT2D eigenvalue weighted by atomic mass is 32.1. The molecule has 0 aromatic carbocycles. The second-order valence-electron chi connectivity index (χ2n) is 3.63. The van der Waals surface area contributed by atoms with E-state index >= 15 is 0 Å². The fourth-order valence-corrected chi connectivity index (χ4v) is 2.06. The number of thiazole rings is 1. The zero-order valence-corrected chi connectivity index (χ0v) is 9.60. The Morgan fingerprint density at radius 1 is 1.57 bits per heavy atom. The summed E-state index contributed by atoms with van der Waals surface area (Å²) in [6.07, 6.45) is 4.45. The lowest BCUT2D eigenvalue weighted by Gasteiger charge is -2.07. The number of Topliss-reactive ketones (excluding diaryl/α,β-unsaturated/α-hetero) is 1. The maximum atomic E-state index is 11.1. The standard InChI is InChI=1S/C11H15NOS/c1-8(2)6-10(7-9(3)13)11-12-4-5-14-11/h4-6,10H,7H2,1-3H3/t10-/m1/s1. The summed E-state index contributed by atoms with van der Waals surface area (Å²) >= 11 is 1.61. The Kier molecular flexibility index (Phi) is 4.01. The van der Waals surface area contributed by atoms with E-state index in [4.69, 9.17) is 0 Å². The number of hydrogen-bond acceptors (Lipinski definition) is 3. The van der Waals surface area contributed by atoms with Crippen molar-refractivity contribution in [3.8, 4) is 0 Å². The molecule has 1 heterocycles. The van der Waals surface area contributed by atoms with Crippen LogP contribution in [0.25, 0.3) is 0 Å². The molecule has 3 heteroatoms. The van der Waals surface area contributed by atoms with Crippen LogP contribution in [-0.2, 0) is 4.79 Å². The van der Waals surface area contributed by atoms with E-state index in [0.717, 1.165) is 5.01 Å². The van der Waals surface area contributed by atoms with Gasteiger partial charge in [-0.05, 0) is 20.8 Å². The van der Waals surface area contributed by atoms with Crippen LogP contribution >= 0.6 is 11.3 Å². The molecule has 0 aliphatic heterocycles. The first-order valence-corrected chi connectivity index (χ1v) is 5.51. The van der Waals surface area contributed by atoms with E-state index in [-0.39, 0.29) is 11.7 Å². The van der Waals surface area contributed by atoms with Gasteiger partial charge < -0.3 is 0 Å². The van der Waals surface area contributed by atoms with Gasteiger partial charge in [-0.15, -0.1) is 11.3 Å². The molecule has 0 radical (unpaired) electrons. The molecule has 0 unspecified atom stereocenters. The number of aromatic nitrogens is 1. The van der Waals surface area contributed by atoms with Gasteiger partial charge in [-0.1, -0.05) is 11.6 Å². The summed E-state index contributed by atoms with van der Waals surface area (Å²) in [5, 5.41) is 2.97. The molecule has 0 amide bonds. The lowest BCUT2D eigenvalue weighted by Crippen LogP contribution is -2.01. The Balaban J connectivity index is 2.83. The van der Waals surface area contributed by atoms with Gasteiger partial charge in [-0.2, -0.15) is 0 Å². The Labute approximate surface area is 88.7 Å². The summed E-state index contributed by atoms with van der Waals surface area (Å²) < 4.78 is 0. The van der Waals surface area contributed by atoms with Gasteiger partial charge in [0, 0.05) is 23.9 Å². The van der Waals surface area contributed by atoms with Crippen LogP contribution in [0.5, 0.6) is 0 Å². The van der Waals surface area contributed by atoms with Crippen LogP contribution in [0.2, 0.25) is 0 Å². The normalized spacial score (nSPS) is 12.2. The van der Waals surface area contributed by atoms with E-state index in [9.17, 15) is 4.79 Å². The summed E-state index contributed by atoms with van der Waals surface area (Å²) in [5.41, 5.74) is 1.23. The predicted molar refractivity (Wildman–Crippen MR) is 59.6 cm³/mol. The van der Waals surface area contributed by atoms with Gasteiger partial charge >= 0.3 is 0 Å². The van der Waals surface area contributed by atoms with Crippen LogP contribution in [0.4, 0.5) is 0 Å². The maximum absolute atomic E-state index is 11.1. The minimum absolute atomic E-state index is 0.164. The number of nitrogens with zero attached hydrogens (tertiary/aromatic N) is 1. The number of carbonyl (C=O) groups is 1. The average Bonchev–Trinajstić information content (AvgIpc) is 2.52. The Bertz CT molecular complexity index is 323. The third kappa shape index (κ3) is 3.42. The second kappa shape index (κ2) is 5.05. The summed E-state index contributed by atoms with van der Waals surface area (Å²) in [6.45, 7) is 5.71. The largest absolute Gasteiger partial charge is 0.300 e. The van der Waals surface area contributed by atoms with Crippen LogP contribution in [0, 0.1) is 0 Å². The number of allylic oxidation sites excluding steroid dienone is 2. The topological polar surface area (TPSA) is 30.0 Å². The summed E-state index contributed by atoms with van der Waals surface area (Å²) in [7, 11) is 0. The van der Waals surface area contributed by atoms with E-state index in [2.05, 4.69) is 11.1 Å². The van der Waals surface area contributed by atoms with E-state index < -0.39 is 0 Å². The quantitative estimate of drug-likeness (QED) is 0.713. The smallest absolute Gasteiger partial charge is 0.130 e. The van der Waals surface area contributed by atoms with E-state index in [1.54, 1.807) is 24.5 Å². The number of ketones is 1. The third-order valence-electron chi connectivity index (χ3n) is 1.81. The number of carbonyl (C=O) groups excluding carboxylic acids is 1. The van der Waals surface area contributed by atoms with Crippen molar-refractivity contribution in [2.24, 2.45) is 0 Å². The zero-order valence-electron chi connectivity index (χ0n) is 8.78. The zero-order chi connectivity index (χ0) is 10.6. The monoisotopic (exact) mass is 209 g/mol. The molecule has 0 spiro atoms. The lowest BCUT2D eigenvalue weighted by atomic mass is 10.0. The fraction of sp³-hybridized carbons (Fsp3) is 0.455. The first-order valence-electron chi connectivity index (χ1n) is 4.63. The van der Waals surface area contributed by atoms with Gasteiger partial charge in [0.05, 0.1) is 5.01 Å². The molecular formula is C11H15NOS. The highest BCUT2D eigenvalue weighted by Crippen LogP contribution is 2.24. The highest BCUT2D eigenvalue weighted by molar-refractivity contribution is 7.09. The van der Waals surface area contributed by atoms with Crippen LogP contribution in [0.15, 0.2) is 23.2 Å². The molecule has 1 rings (SSSR count). The van der Waals surface area contributed by atoms with Crippen LogP contribution in [0.1, 0.15) is 38.1 Å². The molecule has 0 bridgehead atoms. The fourth-order valence-electron chi connectivity index (χ4n) is 1.35. The SMILES string of the molecule is CC(=O)C[C@@H](C=C(C)C)c1nccs1. The van der Waals surface area contributed by atoms with Gasteiger partial charge in [0.2, 0.25) is 0 Å². The third-order valence-corrected chi connectivity index (χ3v) is 2.72. The first kappa shape index (κ1) is 11.1. The van der Waals surface area contributed by atoms with Gasteiger partial charge in [0.15, 0.2) is 0 Å².